The van der Waals surface area contributed by atoms with Crippen LogP contribution in [0.2, 0.25) is 0 Å². The van der Waals surface area contributed by atoms with Crippen molar-refractivity contribution in [2.45, 2.75) is 4.90 Å². The molecule has 2 aromatic heterocycles. The van der Waals surface area contributed by atoms with Crippen molar-refractivity contribution in [3.8, 4) is 6.07 Å². The molecule has 2 heterocycles. The van der Waals surface area contributed by atoms with Crippen molar-refractivity contribution in [1.82, 2.24) is 15.2 Å². The molecule has 92 valence electrons. The Hall–Kier alpha value is -1.92. The number of hydrogen-bond acceptors (Lipinski definition) is 5. The minimum absolute atomic E-state index is 0.0182. The number of anilines is 1. The first-order valence-corrected chi connectivity index (χ1v) is 6.87. The second kappa shape index (κ2) is 4.75. The zero-order valence-corrected chi connectivity index (χ0v) is 11.2. The minimum Gasteiger partial charge on any atom is -0.263 e. The number of rotatable bonds is 3. The highest BCUT2D eigenvalue weighted by Gasteiger charge is 2.17. The molecule has 0 saturated heterocycles. The first-order valence-electron chi connectivity index (χ1n) is 4.60. The van der Waals surface area contributed by atoms with Gasteiger partial charge in [0.1, 0.15) is 16.5 Å². The Morgan fingerprint density at radius 3 is 2.83 bits per heavy atom. The highest BCUT2D eigenvalue weighted by Crippen LogP contribution is 2.18. The maximum absolute atomic E-state index is 12.0. The van der Waals surface area contributed by atoms with Gasteiger partial charge in [0.05, 0.1) is 6.20 Å². The third-order valence-corrected chi connectivity index (χ3v) is 3.74. The summed E-state index contributed by atoms with van der Waals surface area (Å²) in [5, 5.41) is 14.7. The van der Waals surface area contributed by atoms with Crippen LogP contribution in [0.3, 0.4) is 0 Å². The van der Waals surface area contributed by atoms with Gasteiger partial charge < -0.3 is 0 Å². The number of nitrogens with zero attached hydrogens (tertiary/aromatic N) is 3. The Balaban J connectivity index is 2.37. The van der Waals surface area contributed by atoms with Gasteiger partial charge in [-0.3, -0.25) is 14.8 Å². The number of pyridine rings is 1. The largest absolute Gasteiger partial charge is 0.264 e. The van der Waals surface area contributed by atoms with Crippen molar-refractivity contribution in [3.05, 3.63) is 34.7 Å². The molecule has 2 aromatic rings. The summed E-state index contributed by atoms with van der Waals surface area (Å²) >= 11 is 3.13. The summed E-state index contributed by atoms with van der Waals surface area (Å²) in [7, 11) is -3.80. The summed E-state index contributed by atoms with van der Waals surface area (Å²) in [6.07, 6.45) is 3.91. The number of H-pyrrole nitrogens is 1. The smallest absolute Gasteiger partial charge is 0.263 e. The van der Waals surface area contributed by atoms with Crippen molar-refractivity contribution in [2.75, 3.05) is 4.72 Å². The van der Waals surface area contributed by atoms with E-state index in [1.807, 2.05) is 6.07 Å². The molecule has 2 rings (SSSR count). The van der Waals surface area contributed by atoms with Crippen molar-refractivity contribution in [2.24, 2.45) is 0 Å². The molecule has 0 saturated carbocycles. The highest BCUT2D eigenvalue weighted by molar-refractivity contribution is 9.10. The first-order chi connectivity index (χ1) is 8.53. The van der Waals surface area contributed by atoms with E-state index in [0.717, 1.165) is 0 Å². The molecule has 0 unspecified atom stereocenters. The maximum Gasteiger partial charge on any atom is 0.264 e. The van der Waals surface area contributed by atoms with E-state index in [9.17, 15) is 8.42 Å². The molecule has 18 heavy (non-hydrogen) atoms. The molecule has 9 heteroatoms. The van der Waals surface area contributed by atoms with Crippen LogP contribution in [0.5, 0.6) is 0 Å². The van der Waals surface area contributed by atoms with E-state index < -0.39 is 10.0 Å². The lowest BCUT2D eigenvalue weighted by Crippen LogP contribution is -2.14. The van der Waals surface area contributed by atoms with Crippen molar-refractivity contribution < 1.29 is 8.42 Å². The summed E-state index contributed by atoms with van der Waals surface area (Å²) in [6, 6.07) is 3.22. The molecule has 0 amide bonds. The summed E-state index contributed by atoms with van der Waals surface area (Å²) in [5.41, 5.74) is 0.113. The van der Waals surface area contributed by atoms with E-state index in [2.05, 4.69) is 35.8 Å². The minimum atomic E-state index is -3.80. The first kappa shape index (κ1) is 12.5. The quantitative estimate of drug-likeness (QED) is 0.880. The number of sulfonamides is 1. The van der Waals surface area contributed by atoms with Gasteiger partial charge in [-0.2, -0.15) is 10.4 Å². The number of nitrogens with one attached hydrogen (secondary N) is 2. The Bertz CT molecular complexity index is 719. The molecule has 0 aromatic carbocycles. The van der Waals surface area contributed by atoms with Crippen LogP contribution in [0.15, 0.2) is 34.0 Å². The van der Waals surface area contributed by atoms with Gasteiger partial charge in [0.25, 0.3) is 10.0 Å². The number of hydrogen-bond donors (Lipinski definition) is 2. The van der Waals surface area contributed by atoms with Gasteiger partial charge in [-0.15, -0.1) is 0 Å². The van der Waals surface area contributed by atoms with Crippen LogP contribution in [0.1, 0.15) is 5.56 Å². The molecular weight excluding hydrogens is 322 g/mol. The monoisotopic (exact) mass is 327 g/mol. The van der Waals surface area contributed by atoms with Crippen LogP contribution in [-0.2, 0) is 10.0 Å². The van der Waals surface area contributed by atoms with Gasteiger partial charge in [0.15, 0.2) is 5.82 Å². The van der Waals surface area contributed by atoms with E-state index in [-0.39, 0.29) is 16.3 Å². The van der Waals surface area contributed by atoms with Crippen LogP contribution in [0.25, 0.3) is 0 Å². The van der Waals surface area contributed by atoms with E-state index in [1.165, 1.54) is 24.7 Å². The molecule has 0 aliphatic rings. The molecular formula is C9H6BrN5O2S. The third-order valence-electron chi connectivity index (χ3n) is 1.99. The predicted octanol–water partition coefficient (Wildman–Crippen LogP) is 1.24. The number of aromatic nitrogens is 3. The second-order valence-corrected chi connectivity index (χ2v) is 5.81. The van der Waals surface area contributed by atoms with Crippen LogP contribution in [-0.4, -0.2) is 23.6 Å². The van der Waals surface area contributed by atoms with Gasteiger partial charge in [-0.1, -0.05) is 0 Å². The second-order valence-electron chi connectivity index (χ2n) is 3.21. The molecule has 0 aliphatic heterocycles. The SMILES string of the molecule is N#Cc1cn[nH]c1NS(=O)(=O)c1cncc(Br)c1. The lowest BCUT2D eigenvalue weighted by atomic mass is 10.4. The summed E-state index contributed by atoms with van der Waals surface area (Å²) in [6.45, 7) is 0. The Kier molecular flexibility index (Phi) is 3.31. The molecule has 0 bridgehead atoms. The molecule has 0 radical (unpaired) electrons. The van der Waals surface area contributed by atoms with Crippen molar-refractivity contribution in [1.29, 1.82) is 5.26 Å². The predicted molar refractivity (Wildman–Crippen MR) is 66.0 cm³/mol. The zero-order valence-electron chi connectivity index (χ0n) is 8.75. The van der Waals surface area contributed by atoms with E-state index in [4.69, 9.17) is 5.26 Å². The summed E-state index contributed by atoms with van der Waals surface area (Å²) < 4.78 is 26.8. The van der Waals surface area contributed by atoms with Crippen LogP contribution in [0, 0.1) is 11.3 Å². The van der Waals surface area contributed by atoms with Gasteiger partial charge in [-0.05, 0) is 22.0 Å². The van der Waals surface area contributed by atoms with Gasteiger partial charge >= 0.3 is 0 Å². The van der Waals surface area contributed by atoms with Crippen LogP contribution in [0.4, 0.5) is 5.82 Å². The Morgan fingerprint density at radius 2 is 2.17 bits per heavy atom. The van der Waals surface area contributed by atoms with E-state index >= 15 is 0 Å². The average Bonchev–Trinajstić information content (AvgIpc) is 2.75. The van der Waals surface area contributed by atoms with E-state index in [0.29, 0.717) is 4.47 Å². The maximum atomic E-state index is 12.0. The molecule has 2 N–H and O–H groups in total. The van der Waals surface area contributed by atoms with Crippen molar-refractivity contribution >= 4 is 31.8 Å². The fraction of sp³-hybridized carbons (Fsp3) is 0. The standard InChI is InChI=1S/C9H6BrN5O2S/c10-7-1-8(5-12-4-7)18(16,17)15-9-6(2-11)3-13-14-9/h1,3-5H,(H2,13,14,15). The Labute approximate surface area is 111 Å². The lowest BCUT2D eigenvalue weighted by molar-refractivity contribution is 0.600. The molecule has 0 fully saturated rings. The fourth-order valence-electron chi connectivity index (χ4n) is 1.18. The molecule has 0 atom stereocenters. The van der Waals surface area contributed by atoms with Gasteiger partial charge in [0.2, 0.25) is 0 Å². The normalized spacial score (nSPS) is 10.9. The van der Waals surface area contributed by atoms with Gasteiger partial charge in [-0.25, -0.2) is 8.42 Å². The number of halogens is 1. The third kappa shape index (κ3) is 2.49. The molecule has 0 aliphatic carbocycles. The number of aromatic amines is 1. The molecule has 0 spiro atoms. The van der Waals surface area contributed by atoms with Crippen LogP contribution >= 0.6 is 15.9 Å². The van der Waals surface area contributed by atoms with Gasteiger partial charge in [0, 0.05) is 16.9 Å². The van der Waals surface area contributed by atoms with Crippen LogP contribution < -0.4 is 4.72 Å². The summed E-state index contributed by atoms with van der Waals surface area (Å²) in [5.74, 6) is 0.0254. The topological polar surface area (TPSA) is 112 Å². The zero-order chi connectivity index (χ0) is 13.2. The highest BCUT2D eigenvalue weighted by atomic mass is 79.9. The Morgan fingerprint density at radius 1 is 1.39 bits per heavy atom. The van der Waals surface area contributed by atoms with Crippen molar-refractivity contribution in [3.63, 3.8) is 0 Å². The average molecular weight is 328 g/mol. The van der Waals surface area contributed by atoms with E-state index in [1.54, 1.807) is 0 Å². The fourth-order valence-corrected chi connectivity index (χ4v) is 2.72. The number of nitriles is 1. The lowest BCUT2D eigenvalue weighted by Gasteiger charge is -2.05. The molecule has 7 nitrogen and oxygen atoms in total. The summed E-state index contributed by atoms with van der Waals surface area (Å²) in [4.78, 5) is 3.75.